The number of hydrogen-bond acceptors (Lipinski definition) is 1. The van der Waals surface area contributed by atoms with Crippen LogP contribution in [0.2, 0.25) is 25.2 Å². The van der Waals surface area contributed by atoms with Crippen LogP contribution in [0.15, 0.2) is 0 Å². The molecule has 0 radical (unpaired) electrons. The molecule has 0 saturated carbocycles. The molecule has 0 atom stereocenters. The molecule has 0 aromatic carbocycles. The average Bonchev–Trinajstić information content (AvgIpc) is 1.94. The van der Waals surface area contributed by atoms with Crippen LogP contribution in [0, 0.1) is 0 Å². The van der Waals surface area contributed by atoms with E-state index in [-0.39, 0.29) is 0 Å². The van der Waals surface area contributed by atoms with Gasteiger partial charge in [0.05, 0.1) is 0 Å². The fourth-order valence-electron chi connectivity index (χ4n) is 1.89. The first-order chi connectivity index (χ1) is 5.14. The van der Waals surface area contributed by atoms with Crippen molar-refractivity contribution < 1.29 is 0 Å². The van der Waals surface area contributed by atoms with Crippen LogP contribution in [-0.2, 0) is 0 Å². The molecular formula is C9H21NSi. The summed E-state index contributed by atoms with van der Waals surface area (Å²) in [5.41, 5.74) is 0. The summed E-state index contributed by atoms with van der Waals surface area (Å²) < 4.78 is 0. The van der Waals surface area contributed by atoms with Gasteiger partial charge >= 0.3 is 0 Å². The molecule has 1 rings (SSSR count). The third-order valence-corrected chi connectivity index (χ3v) is 6.12. The standard InChI is InChI=1S/C9H21NSi/c1-4-10-9-5-7-11(2,3)8-6-9/h9-10H,4-8H2,1-3H3. The van der Waals surface area contributed by atoms with Gasteiger partial charge < -0.3 is 5.32 Å². The monoisotopic (exact) mass is 171 g/mol. The van der Waals surface area contributed by atoms with Gasteiger partial charge in [0.2, 0.25) is 0 Å². The minimum atomic E-state index is -0.701. The van der Waals surface area contributed by atoms with Crippen LogP contribution in [0.3, 0.4) is 0 Å². The van der Waals surface area contributed by atoms with Crippen molar-refractivity contribution in [2.45, 2.75) is 51.0 Å². The minimum absolute atomic E-state index is 0.701. The Morgan fingerprint density at radius 2 is 1.82 bits per heavy atom. The molecule has 1 saturated heterocycles. The first-order valence-electron chi connectivity index (χ1n) is 4.87. The van der Waals surface area contributed by atoms with Crippen molar-refractivity contribution in [2.75, 3.05) is 6.54 Å². The topological polar surface area (TPSA) is 12.0 Å². The lowest BCUT2D eigenvalue weighted by atomic mass is 10.1. The highest BCUT2D eigenvalue weighted by Crippen LogP contribution is 2.28. The highest BCUT2D eigenvalue weighted by atomic mass is 28.3. The molecule has 1 heterocycles. The summed E-state index contributed by atoms with van der Waals surface area (Å²) in [6, 6.07) is 3.91. The first-order valence-corrected chi connectivity index (χ1v) is 8.29. The Kier molecular flexibility index (Phi) is 3.13. The van der Waals surface area contributed by atoms with Gasteiger partial charge in [-0.25, -0.2) is 0 Å². The van der Waals surface area contributed by atoms with Crippen LogP contribution in [0.5, 0.6) is 0 Å². The molecule has 1 aliphatic heterocycles. The maximum atomic E-state index is 3.54. The lowest BCUT2D eigenvalue weighted by Gasteiger charge is -2.33. The quantitative estimate of drug-likeness (QED) is 0.629. The lowest BCUT2D eigenvalue weighted by molar-refractivity contribution is 0.478. The predicted molar refractivity (Wildman–Crippen MR) is 53.8 cm³/mol. The molecule has 0 aromatic heterocycles. The fraction of sp³-hybridized carbons (Fsp3) is 1.00. The van der Waals surface area contributed by atoms with Crippen LogP contribution >= 0.6 is 0 Å². The van der Waals surface area contributed by atoms with E-state index in [0.29, 0.717) is 0 Å². The SMILES string of the molecule is CCNC1CC[Si](C)(C)CC1. The molecule has 1 aliphatic rings. The summed E-state index contributed by atoms with van der Waals surface area (Å²) in [6.07, 6.45) is 2.88. The number of nitrogens with one attached hydrogen (secondary N) is 1. The van der Waals surface area contributed by atoms with Crippen LogP contribution in [0.4, 0.5) is 0 Å². The third kappa shape index (κ3) is 2.95. The van der Waals surface area contributed by atoms with Crippen molar-refractivity contribution in [1.29, 1.82) is 0 Å². The molecule has 1 N–H and O–H groups in total. The van der Waals surface area contributed by atoms with Gasteiger partial charge in [-0.05, 0) is 19.4 Å². The molecule has 11 heavy (non-hydrogen) atoms. The molecule has 2 heteroatoms. The second-order valence-electron chi connectivity index (χ2n) is 4.50. The zero-order chi connectivity index (χ0) is 8.32. The van der Waals surface area contributed by atoms with E-state index in [1.807, 2.05) is 0 Å². The average molecular weight is 171 g/mol. The first kappa shape index (κ1) is 9.27. The second kappa shape index (κ2) is 3.72. The highest BCUT2D eigenvalue weighted by molar-refractivity contribution is 6.77. The van der Waals surface area contributed by atoms with Gasteiger partial charge in [-0.2, -0.15) is 0 Å². The Morgan fingerprint density at radius 1 is 1.27 bits per heavy atom. The van der Waals surface area contributed by atoms with E-state index in [9.17, 15) is 0 Å². The van der Waals surface area contributed by atoms with Gasteiger partial charge in [-0.1, -0.05) is 32.1 Å². The van der Waals surface area contributed by atoms with E-state index in [4.69, 9.17) is 0 Å². The molecule has 0 aliphatic carbocycles. The summed E-state index contributed by atoms with van der Waals surface area (Å²) in [4.78, 5) is 0. The molecular weight excluding hydrogens is 150 g/mol. The van der Waals surface area contributed by atoms with Gasteiger partial charge in [0.15, 0.2) is 0 Å². The van der Waals surface area contributed by atoms with Crippen LogP contribution in [-0.4, -0.2) is 20.7 Å². The Labute approximate surface area is 71.6 Å². The van der Waals surface area contributed by atoms with Gasteiger partial charge in [-0.3, -0.25) is 0 Å². The van der Waals surface area contributed by atoms with Crippen molar-refractivity contribution in [3.63, 3.8) is 0 Å². The smallest absolute Gasteiger partial charge is 0.0474 e. The van der Waals surface area contributed by atoms with E-state index in [0.717, 1.165) is 12.6 Å². The van der Waals surface area contributed by atoms with Crippen molar-refractivity contribution in [2.24, 2.45) is 0 Å². The van der Waals surface area contributed by atoms with Crippen molar-refractivity contribution >= 4 is 8.07 Å². The van der Waals surface area contributed by atoms with Crippen molar-refractivity contribution in [3.8, 4) is 0 Å². The largest absolute Gasteiger partial charge is 0.314 e. The minimum Gasteiger partial charge on any atom is -0.314 e. The van der Waals surface area contributed by atoms with Gasteiger partial charge in [0, 0.05) is 14.1 Å². The van der Waals surface area contributed by atoms with Gasteiger partial charge in [0.1, 0.15) is 0 Å². The molecule has 1 fully saturated rings. The highest BCUT2D eigenvalue weighted by Gasteiger charge is 2.27. The van der Waals surface area contributed by atoms with E-state index >= 15 is 0 Å². The molecule has 0 aromatic rings. The summed E-state index contributed by atoms with van der Waals surface area (Å²) in [7, 11) is -0.701. The molecule has 0 unspecified atom stereocenters. The lowest BCUT2D eigenvalue weighted by Crippen LogP contribution is -2.39. The summed E-state index contributed by atoms with van der Waals surface area (Å²) in [5, 5.41) is 3.54. The predicted octanol–water partition coefficient (Wildman–Crippen LogP) is 2.47. The Hall–Kier alpha value is 0.177. The maximum absolute atomic E-state index is 3.54. The van der Waals surface area contributed by atoms with E-state index in [1.165, 1.54) is 24.9 Å². The molecule has 0 amide bonds. The summed E-state index contributed by atoms with van der Waals surface area (Å²) in [5.74, 6) is 0. The van der Waals surface area contributed by atoms with Gasteiger partial charge in [-0.15, -0.1) is 0 Å². The number of rotatable bonds is 2. The van der Waals surface area contributed by atoms with Crippen LogP contribution < -0.4 is 5.32 Å². The van der Waals surface area contributed by atoms with E-state index < -0.39 is 8.07 Å². The molecule has 1 nitrogen and oxygen atoms in total. The maximum Gasteiger partial charge on any atom is 0.0474 e. The third-order valence-electron chi connectivity index (χ3n) is 2.83. The Morgan fingerprint density at radius 3 is 2.27 bits per heavy atom. The Bertz CT molecular complexity index is 113. The normalized spacial score (nSPS) is 25.4. The summed E-state index contributed by atoms with van der Waals surface area (Å²) in [6.45, 7) is 8.40. The number of hydrogen-bond donors (Lipinski definition) is 1. The molecule has 66 valence electrons. The van der Waals surface area contributed by atoms with Crippen LogP contribution in [0.25, 0.3) is 0 Å². The molecule has 0 bridgehead atoms. The van der Waals surface area contributed by atoms with Crippen molar-refractivity contribution in [1.82, 2.24) is 5.32 Å². The molecule has 0 spiro atoms. The van der Waals surface area contributed by atoms with Gasteiger partial charge in [0.25, 0.3) is 0 Å². The van der Waals surface area contributed by atoms with E-state index in [2.05, 4.69) is 25.3 Å². The van der Waals surface area contributed by atoms with Crippen LogP contribution in [0.1, 0.15) is 19.8 Å². The zero-order valence-corrected chi connectivity index (χ0v) is 9.11. The van der Waals surface area contributed by atoms with Crippen molar-refractivity contribution in [3.05, 3.63) is 0 Å². The summed E-state index contributed by atoms with van der Waals surface area (Å²) >= 11 is 0. The zero-order valence-electron chi connectivity index (χ0n) is 8.11. The Balaban J connectivity index is 2.25. The fourth-order valence-corrected chi connectivity index (χ4v) is 4.40. The second-order valence-corrected chi connectivity index (χ2v) is 9.82. The van der Waals surface area contributed by atoms with E-state index in [1.54, 1.807) is 0 Å².